The Balaban J connectivity index is 2.20. The average Bonchev–Trinajstić information content (AvgIpc) is 3.19. The molecule has 2 atom stereocenters. The van der Waals surface area contributed by atoms with Gasteiger partial charge in [0.05, 0.1) is 10.6 Å². The van der Waals surface area contributed by atoms with E-state index in [2.05, 4.69) is 15.1 Å². The van der Waals surface area contributed by atoms with Crippen LogP contribution in [0.25, 0.3) is 5.69 Å². The van der Waals surface area contributed by atoms with Crippen LogP contribution in [0.2, 0.25) is 0 Å². The normalized spacial score (nSPS) is 13.1. The Hall–Kier alpha value is -3.84. The minimum atomic E-state index is -4.25. The van der Waals surface area contributed by atoms with Gasteiger partial charge in [-0.05, 0) is 57.9 Å². The van der Waals surface area contributed by atoms with E-state index in [1.807, 2.05) is 13.8 Å². The summed E-state index contributed by atoms with van der Waals surface area (Å²) < 4.78 is 50.1. The van der Waals surface area contributed by atoms with Crippen molar-refractivity contribution >= 4 is 21.6 Å². The second-order valence-electron chi connectivity index (χ2n) is 8.87. The molecule has 38 heavy (non-hydrogen) atoms. The maximum absolute atomic E-state index is 14.1. The molecule has 3 rings (SSSR count). The fourth-order valence-electron chi connectivity index (χ4n) is 3.41. The Morgan fingerprint density at radius 2 is 1.84 bits per heavy atom. The Labute approximate surface area is 220 Å². The lowest BCUT2D eigenvalue weighted by Crippen LogP contribution is -2.32. The van der Waals surface area contributed by atoms with Gasteiger partial charge in [0, 0.05) is 29.8 Å². The first-order valence-corrected chi connectivity index (χ1v) is 13.5. The molecule has 13 heteroatoms. The van der Waals surface area contributed by atoms with Crippen molar-refractivity contribution in [2.45, 2.75) is 64.4 Å². The van der Waals surface area contributed by atoms with E-state index in [1.165, 1.54) is 28.9 Å². The zero-order valence-corrected chi connectivity index (χ0v) is 22.5. The molecule has 0 aliphatic heterocycles. The summed E-state index contributed by atoms with van der Waals surface area (Å²) in [4.78, 5) is 23.2. The number of benzene rings is 2. The van der Waals surface area contributed by atoms with Crippen LogP contribution in [0.5, 0.6) is 11.6 Å². The Morgan fingerprint density at radius 1 is 1.16 bits per heavy atom. The highest BCUT2D eigenvalue weighted by Gasteiger charge is 2.29. The quantitative estimate of drug-likeness (QED) is 0.263. The molecule has 1 aromatic heterocycles. The Morgan fingerprint density at radius 3 is 2.45 bits per heavy atom. The predicted octanol–water partition coefficient (Wildman–Crippen LogP) is 4.63. The molecular formula is C25H30FN5O6S. The number of hydrogen-bond donors (Lipinski definition) is 2. The highest BCUT2D eigenvalue weighted by Crippen LogP contribution is 2.36. The maximum Gasteiger partial charge on any atom is 0.272 e. The van der Waals surface area contributed by atoms with Crippen LogP contribution in [-0.4, -0.2) is 41.1 Å². The first-order valence-electron chi connectivity index (χ1n) is 12.0. The second kappa shape index (κ2) is 11.7. The SMILES string of the molecule is CC[C@@H](C)NS(=O)(=O)c1cc([N+](=O)[O-])ccc1Oc1c(C)c(C(=O)N[C@@H](C)CC)nn1-c1cccc(F)c1. The van der Waals surface area contributed by atoms with Gasteiger partial charge in [0.15, 0.2) is 5.69 Å². The van der Waals surface area contributed by atoms with Gasteiger partial charge in [-0.2, -0.15) is 9.78 Å². The van der Waals surface area contributed by atoms with E-state index in [1.54, 1.807) is 20.8 Å². The standard InChI is InChI=1S/C25H30FN5O6S/c1-6-15(3)27-24(32)23-17(5)25(30(28-23)19-10-8-9-18(26)13-19)37-21-12-11-20(31(33)34)14-22(21)38(35,36)29-16(4)7-2/h8-16,29H,6-7H2,1-5H3,(H,27,32)/t15-,16+/m0/s1. The number of aromatic nitrogens is 2. The fraction of sp³-hybridized carbons (Fsp3) is 0.360. The largest absolute Gasteiger partial charge is 0.437 e. The van der Waals surface area contributed by atoms with Crippen LogP contribution >= 0.6 is 0 Å². The van der Waals surface area contributed by atoms with Crippen molar-refractivity contribution in [2.75, 3.05) is 0 Å². The number of non-ortho nitro benzene ring substituents is 1. The molecule has 0 aliphatic rings. The smallest absolute Gasteiger partial charge is 0.272 e. The van der Waals surface area contributed by atoms with Gasteiger partial charge in [0.25, 0.3) is 11.6 Å². The number of nitrogens with zero attached hydrogens (tertiary/aromatic N) is 3. The number of sulfonamides is 1. The van der Waals surface area contributed by atoms with Crippen LogP contribution in [0.1, 0.15) is 56.6 Å². The summed E-state index contributed by atoms with van der Waals surface area (Å²) in [5.41, 5.74) is 0.0147. The van der Waals surface area contributed by atoms with Gasteiger partial charge in [-0.25, -0.2) is 17.5 Å². The number of nitro benzene ring substituents is 1. The number of carbonyl (C=O) groups is 1. The molecule has 2 N–H and O–H groups in total. The van der Waals surface area contributed by atoms with Crippen LogP contribution in [0.15, 0.2) is 47.4 Å². The molecule has 1 heterocycles. The first kappa shape index (κ1) is 28.7. The summed E-state index contributed by atoms with van der Waals surface area (Å²) in [6.45, 7) is 8.72. The highest BCUT2D eigenvalue weighted by atomic mass is 32.2. The molecule has 0 aliphatic carbocycles. The van der Waals surface area contributed by atoms with Crippen LogP contribution in [0.4, 0.5) is 10.1 Å². The number of ether oxygens (including phenoxy) is 1. The van der Waals surface area contributed by atoms with Gasteiger partial charge in [-0.15, -0.1) is 0 Å². The van der Waals surface area contributed by atoms with Crippen molar-refractivity contribution < 1.29 is 27.3 Å². The highest BCUT2D eigenvalue weighted by molar-refractivity contribution is 7.89. The first-order chi connectivity index (χ1) is 17.9. The van der Waals surface area contributed by atoms with Crippen LogP contribution in [-0.2, 0) is 10.0 Å². The topological polar surface area (TPSA) is 145 Å². The average molecular weight is 548 g/mol. The molecule has 204 valence electrons. The molecular weight excluding hydrogens is 517 g/mol. The zero-order valence-electron chi connectivity index (χ0n) is 21.7. The molecule has 3 aromatic rings. The summed E-state index contributed by atoms with van der Waals surface area (Å²) >= 11 is 0. The maximum atomic E-state index is 14.1. The summed E-state index contributed by atoms with van der Waals surface area (Å²) in [5.74, 6) is -1.35. The molecule has 1 amide bonds. The molecule has 11 nitrogen and oxygen atoms in total. The van der Waals surface area contributed by atoms with Gasteiger partial charge in [-0.1, -0.05) is 19.9 Å². The lowest BCUT2D eigenvalue weighted by atomic mass is 10.2. The van der Waals surface area contributed by atoms with E-state index in [0.29, 0.717) is 12.8 Å². The van der Waals surface area contributed by atoms with Crippen molar-refractivity contribution in [2.24, 2.45) is 0 Å². The third-order valence-electron chi connectivity index (χ3n) is 5.93. The van der Waals surface area contributed by atoms with Crippen molar-refractivity contribution in [3.05, 3.63) is 69.7 Å². The van der Waals surface area contributed by atoms with Gasteiger partial charge >= 0.3 is 0 Å². The fourth-order valence-corrected chi connectivity index (χ4v) is 4.89. The number of nitrogens with one attached hydrogen (secondary N) is 2. The van der Waals surface area contributed by atoms with E-state index in [9.17, 15) is 27.7 Å². The van der Waals surface area contributed by atoms with Crippen molar-refractivity contribution in [3.63, 3.8) is 0 Å². The minimum Gasteiger partial charge on any atom is -0.437 e. The molecule has 0 fully saturated rings. The monoisotopic (exact) mass is 547 g/mol. The van der Waals surface area contributed by atoms with Crippen LogP contribution in [0.3, 0.4) is 0 Å². The minimum absolute atomic E-state index is 0.00592. The molecule has 0 radical (unpaired) electrons. The van der Waals surface area contributed by atoms with Crippen molar-refractivity contribution in [1.29, 1.82) is 0 Å². The Bertz CT molecular complexity index is 1460. The predicted molar refractivity (Wildman–Crippen MR) is 139 cm³/mol. The molecule has 0 saturated heterocycles. The second-order valence-corrected chi connectivity index (χ2v) is 10.6. The van der Waals surface area contributed by atoms with E-state index in [0.717, 1.165) is 18.2 Å². The molecule has 0 unspecified atom stereocenters. The summed E-state index contributed by atoms with van der Waals surface area (Å²) in [5, 5.41) is 18.6. The third kappa shape index (κ3) is 6.34. The lowest BCUT2D eigenvalue weighted by Gasteiger charge is -2.16. The van der Waals surface area contributed by atoms with Gasteiger partial charge in [0.1, 0.15) is 16.5 Å². The van der Waals surface area contributed by atoms with Crippen molar-refractivity contribution in [1.82, 2.24) is 19.8 Å². The van der Waals surface area contributed by atoms with Crippen LogP contribution in [0, 0.1) is 22.9 Å². The summed E-state index contributed by atoms with van der Waals surface area (Å²) in [6, 6.07) is 7.95. The van der Waals surface area contributed by atoms with E-state index in [-0.39, 0.29) is 34.6 Å². The summed E-state index contributed by atoms with van der Waals surface area (Å²) in [6.07, 6.45) is 1.15. The number of rotatable bonds is 11. The molecule has 0 saturated carbocycles. The number of hydrogen-bond acceptors (Lipinski definition) is 7. The molecule has 0 bridgehead atoms. The van der Waals surface area contributed by atoms with E-state index >= 15 is 0 Å². The lowest BCUT2D eigenvalue weighted by molar-refractivity contribution is -0.385. The number of nitro groups is 1. The van der Waals surface area contributed by atoms with E-state index < -0.39 is 43.3 Å². The number of halogens is 1. The zero-order chi connectivity index (χ0) is 28.2. The molecule has 0 spiro atoms. The summed E-state index contributed by atoms with van der Waals surface area (Å²) in [7, 11) is -4.25. The Kier molecular flexibility index (Phi) is 8.84. The number of amides is 1. The van der Waals surface area contributed by atoms with E-state index in [4.69, 9.17) is 4.74 Å². The number of carbonyl (C=O) groups excluding carboxylic acids is 1. The van der Waals surface area contributed by atoms with Gasteiger partial charge in [-0.3, -0.25) is 14.9 Å². The molecule has 2 aromatic carbocycles. The van der Waals surface area contributed by atoms with Gasteiger partial charge in [0.2, 0.25) is 15.9 Å². The van der Waals surface area contributed by atoms with Crippen LogP contribution < -0.4 is 14.8 Å². The van der Waals surface area contributed by atoms with Gasteiger partial charge < -0.3 is 10.1 Å². The third-order valence-corrected chi connectivity index (χ3v) is 7.54. The van der Waals surface area contributed by atoms with Crippen molar-refractivity contribution in [3.8, 4) is 17.3 Å².